The minimum absolute atomic E-state index is 0.707. The second kappa shape index (κ2) is 6.92. The second-order valence-electron chi connectivity index (χ2n) is 4.40. The predicted octanol–water partition coefficient (Wildman–Crippen LogP) is 3.39. The van der Waals surface area contributed by atoms with Crippen LogP contribution in [-0.4, -0.2) is 24.7 Å². The highest BCUT2D eigenvalue weighted by atomic mass is 32.2. The van der Waals surface area contributed by atoms with Crippen LogP contribution in [0, 0.1) is 5.92 Å². The first kappa shape index (κ1) is 12.8. The number of thioether (sulfide) groups is 1. The van der Waals surface area contributed by atoms with E-state index in [0.717, 1.165) is 19.1 Å². The number of benzene rings is 1. The maximum Gasteiger partial charge on any atom is 0.0736 e. The third-order valence-electron chi connectivity index (χ3n) is 3.08. The Morgan fingerprint density at radius 2 is 2.29 bits per heavy atom. The van der Waals surface area contributed by atoms with Gasteiger partial charge in [-0.3, -0.25) is 0 Å². The lowest BCUT2D eigenvalue weighted by Gasteiger charge is -2.14. The van der Waals surface area contributed by atoms with E-state index in [0.29, 0.717) is 6.61 Å². The quantitative estimate of drug-likeness (QED) is 0.837. The van der Waals surface area contributed by atoms with Crippen LogP contribution in [-0.2, 0) is 11.3 Å². The van der Waals surface area contributed by atoms with Gasteiger partial charge in [0.1, 0.15) is 0 Å². The van der Waals surface area contributed by atoms with E-state index >= 15 is 0 Å². The Morgan fingerprint density at radius 1 is 1.41 bits per heavy atom. The topological polar surface area (TPSA) is 21.3 Å². The Morgan fingerprint density at radius 3 is 3.06 bits per heavy atom. The summed E-state index contributed by atoms with van der Waals surface area (Å²) in [5.41, 5.74) is 2.50. The van der Waals surface area contributed by atoms with Crippen LogP contribution in [0.25, 0.3) is 0 Å². The van der Waals surface area contributed by atoms with Crippen molar-refractivity contribution in [3.63, 3.8) is 0 Å². The molecule has 94 valence electrons. The van der Waals surface area contributed by atoms with Gasteiger partial charge in [0.15, 0.2) is 0 Å². The second-order valence-corrected chi connectivity index (χ2v) is 5.55. The van der Waals surface area contributed by atoms with Gasteiger partial charge in [-0.05, 0) is 36.8 Å². The van der Waals surface area contributed by atoms with Crippen LogP contribution in [0.2, 0.25) is 0 Å². The van der Waals surface area contributed by atoms with Gasteiger partial charge in [0.25, 0.3) is 0 Å². The molecular formula is C14H21NOS. The number of ether oxygens (including phenoxy) is 1. The van der Waals surface area contributed by atoms with Gasteiger partial charge < -0.3 is 10.1 Å². The molecule has 1 aromatic rings. The van der Waals surface area contributed by atoms with Crippen molar-refractivity contribution in [1.82, 2.24) is 0 Å². The fraction of sp³-hybridized carbons (Fsp3) is 0.571. The van der Waals surface area contributed by atoms with Crippen molar-refractivity contribution >= 4 is 17.4 Å². The Kier molecular flexibility index (Phi) is 5.20. The van der Waals surface area contributed by atoms with Crippen LogP contribution in [0.5, 0.6) is 0 Å². The minimum Gasteiger partial charge on any atom is -0.384 e. The Labute approximate surface area is 108 Å². The molecule has 1 saturated heterocycles. The summed E-state index contributed by atoms with van der Waals surface area (Å²) < 4.78 is 5.49. The molecule has 17 heavy (non-hydrogen) atoms. The van der Waals surface area contributed by atoms with Gasteiger partial charge in [-0.15, -0.1) is 0 Å². The molecule has 1 atom stereocenters. The smallest absolute Gasteiger partial charge is 0.0736 e. The highest BCUT2D eigenvalue weighted by Crippen LogP contribution is 2.24. The van der Waals surface area contributed by atoms with Crippen LogP contribution in [0.1, 0.15) is 18.9 Å². The van der Waals surface area contributed by atoms with Gasteiger partial charge in [0, 0.05) is 24.4 Å². The number of hydrogen-bond acceptors (Lipinski definition) is 3. The molecule has 0 aliphatic carbocycles. The molecule has 3 heteroatoms. The van der Waals surface area contributed by atoms with E-state index in [1.165, 1.54) is 29.2 Å². The molecule has 1 aromatic carbocycles. The van der Waals surface area contributed by atoms with Crippen molar-refractivity contribution in [1.29, 1.82) is 0 Å². The molecule has 1 unspecified atom stereocenters. The monoisotopic (exact) mass is 251 g/mol. The van der Waals surface area contributed by atoms with Crippen molar-refractivity contribution < 1.29 is 4.74 Å². The van der Waals surface area contributed by atoms with Gasteiger partial charge in [-0.1, -0.05) is 18.2 Å². The first-order chi connectivity index (χ1) is 8.40. The number of hydrogen-bond donors (Lipinski definition) is 1. The first-order valence-corrected chi connectivity index (χ1v) is 7.53. The van der Waals surface area contributed by atoms with Crippen molar-refractivity contribution in [3.8, 4) is 0 Å². The maximum absolute atomic E-state index is 5.49. The van der Waals surface area contributed by atoms with Crippen LogP contribution < -0.4 is 5.32 Å². The average Bonchev–Trinajstić information content (AvgIpc) is 2.88. The molecule has 0 spiro atoms. The van der Waals surface area contributed by atoms with Gasteiger partial charge in [-0.25, -0.2) is 0 Å². The molecule has 0 radical (unpaired) electrons. The van der Waals surface area contributed by atoms with E-state index < -0.39 is 0 Å². The summed E-state index contributed by atoms with van der Waals surface area (Å²) in [6.45, 7) is 4.61. The van der Waals surface area contributed by atoms with Crippen LogP contribution in [0.3, 0.4) is 0 Å². The molecule has 1 fully saturated rings. The number of nitrogens with one attached hydrogen (secondary N) is 1. The molecule has 0 saturated carbocycles. The zero-order valence-corrected chi connectivity index (χ0v) is 11.3. The van der Waals surface area contributed by atoms with Crippen molar-refractivity contribution in [2.45, 2.75) is 20.0 Å². The standard InChI is InChI=1S/C14H21NOS/c1-2-16-10-13-5-3-4-6-14(13)15-9-12-7-8-17-11-12/h3-6,12,15H,2,7-11H2,1H3. The van der Waals surface area contributed by atoms with Gasteiger partial charge in [0.2, 0.25) is 0 Å². The summed E-state index contributed by atoms with van der Waals surface area (Å²) in [7, 11) is 0. The van der Waals surface area contributed by atoms with E-state index in [4.69, 9.17) is 4.74 Å². The highest BCUT2D eigenvalue weighted by Gasteiger charge is 2.15. The summed E-state index contributed by atoms with van der Waals surface area (Å²) in [5.74, 6) is 3.47. The molecule has 0 bridgehead atoms. The van der Waals surface area contributed by atoms with Gasteiger partial charge in [0.05, 0.1) is 6.61 Å². The average molecular weight is 251 g/mol. The SMILES string of the molecule is CCOCc1ccccc1NCC1CCSC1. The summed E-state index contributed by atoms with van der Waals surface area (Å²) in [5, 5.41) is 3.57. The first-order valence-electron chi connectivity index (χ1n) is 6.37. The van der Waals surface area contributed by atoms with E-state index in [9.17, 15) is 0 Å². The zero-order chi connectivity index (χ0) is 11.9. The van der Waals surface area contributed by atoms with Gasteiger partial charge >= 0.3 is 0 Å². The van der Waals surface area contributed by atoms with Crippen molar-refractivity contribution in [2.24, 2.45) is 5.92 Å². The van der Waals surface area contributed by atoms with Crippen molar-refractivity contribution in [2.75, 3.05) is 30.0 Å². The Hall–Kier alpha value is -0.670. The van der Waals surface area contributed by atoms with Crippen LogP contribution in [0.15, 0.2) is 24.3 Å². The summed E-state index contributed by atoms with van der Waals surface area (Å²) >= 11 is 2.07. The lowest BCUT2D eigenvalue weighted by Crippen LogP contribution is -2.14. The van der Waals surface area contributed by atoms with E-state index in [-0.39, 0.29) is 0 Å². The highest BCUT2D eigenvalue weighted by molar-refractivity contribution is 7.99. The third-order valence-corrected chi connectivity index (χ3v) is 4.32. The van der Waals surface area contributed by atoms with E-state index in [1.807, 2.05) is 6.92 Å². The Balaban J connectivity index is 1.89. The molecule has 1 N–H and O–H groups in total. The zero-order valence-electron chi connectivity index (χ0n) is 10.4. The number of rotatable bonds is 6. The summed E-state index contributed by atoms with van der Waals surface area (Å²) in [6.07, 6.45) is 1.35. The van der Waals surface area contributed by atoms with Gasteiger partial charge in [-0.2, -0.15) is 11.8 Å². The molecule has 0 aromatic heterocycles. The van der Waals surface area contributed by atoms with Crippen LogP contribution in [0.4, 0.5) is 5.69 Å². The predicted molar refractivity (Wildman–Crippen MR) is 75.7 cm³/mol. The molecule has 2 nitrogen and oxygen atoms in total. The normalized spacial score (nSPS) is 19.5. The molecular weight excluding hydrogens is 230 g/mol. The lowest BCUT2D eigenvalue weighted by atomic mass is 10.1. The molecule has 0 amide bonds. The number of para-hydroxylation sites is 1. The molecule has 1 heterocycles. The third kappa shape index (κ3) is 3.93. The van der Waals surface area contributed by atoms with E-state index in [1.54, 1.807) is 0 Å². The molecule has 2 rings (SSSR count). The summed E-state index contributed by atoms with van der Waals surface area (Å²) in [6, 6.07) is 8.45. The largest absolute Gasteiger partial charge is 0.384 e. The molecule has 1 aliphatic rings. The van der Waals surface area contributed by atoms with Crippen LogP contribution >= 0.6 is 11.8 Å². The summed E-state index contributed by atoms with van der Waals surface area (Å²) in [4.78, 5) is 0. The minimum atomic E-state index is 0.707. The fourth-order valence-electron chi connectivity index (χ4n) is 2.03. The molecule has 1 aliphatic heterocycles. The maximum atomic E-state index is 5.49. The Bertz CT molecular complexity index is 337. The van der Waals surface area contributed by atoms with Crippen molar-refractivity contribution in [3.05, 3.63) is 29.8 Å². The fourth-order valence-corrected chi connectivity index (χ4v) is 3.31. The lowest BCUT2D eigenvalue weighted by molar-refractivity contribution is 0.134. The number of anilines is 1. The van der Waals surface area contributed by atoms with E-state index in [2.05, 4.69) is 41.3 Å².